The summed E-state index contributed by atoms with van der Waals surface area (Å²) in [5.74, 6) is 0. The summed E-state index contributed by atoms with van der Waals surface area (Å²) in [6.45, 7) is 3.76. The molecular weight excluding hydrogens is 280 g/mol. The van der Waals surface area contributed by atoms with Crippen LogP contribution in [0.5, 0.6) is 0 Å². The zero-order chi connectivity index (χ0) is 15.7. The van der Waals surface area contributed by atoms with Crippen LogP contribution in [0.15, 0.2) is 54.6 Å². The Bertz CT molecular complexity index is 655. The molecule has 0 saturated carbocycles. The van der Waals surface area contributed by atoms with Gasteiger partial charge < -0.3 is 4.90 Å². The first kappa shape index (κ1) is 14.8. The summed E-state index contributed by atoms with van der Waals surface area (Å²) in [6.07, 6.45) is 5.49. The predicted molar refractivity (Wildman–Crippen MR) is 97.9 cm³/mol. The molecule has 120 valence electrons. The van der Waals surface area contributed by atoms with Crippen LogP contribution in [0.25, 0.3) is 11.1 Å². The molecule has 0 bridgehead atoms. The maximum atomic E-state index is 2.74. The molecule has 4 rings (SSSR count). The van der Waals surface area contributed by atoms with Crippen LogP contribution in [0, 0.1) is 0 Å². The maximum absolute atomic E-state index is 2.74. The molecule has 2 fully saturated rings. The third kappa shape index (κ3) is 2.76. The predicted octanol–water partition coefficient (Wildman–Crippen LogP) is 4.42. The first-order valence-corrected chi connectivity index (χ1v) is 8.89. The maximum Gasteiger partial charge on any atom is 0.0385 e. The van der Waals surface area contributed by atoms with Gasteiger partial charge in [0.05, 0.1) is 0 Å². The van der Waals surface area contributed by atoms with Crippen molar-refractivity contribution in [2.45, 2.75) is 31.2 Å². The fraction of sp³-hybridized carbons (Fsp3) is 0.429. The van der Waals surface area contributed by atoms with Crippen molar-refractivity contribution >= 4 is 5.69 Å². The summed E-state index contributed by atoms with van der Waals surface area (Å²) in [5.41, 5.74) is 4.38. The molecule has 0 N–H and O–H groups in total. The van der Waals surface area contributed by atoms with E-state index in [0.29, 0.717) is 5.54 Å². The zero-order valence-electron chi connectivity index (χ0n) is 14.0. The van der Waals surface area contributed by atoms with Crippen molar-refractivity contribution in [2.24, 2.45) is 0 Å². The van der Waals surface area contributed by atoms with Crippen LogP contribution in [0.2, 0.25) is 0 Å². The summed E-state index contributed by atoms with van der Waals surface area (Å²) < 4.78 is 0. The van der Waals surface area contributed by atoms with E-state index >= 15 is 0 Å². The van der Waals surface area contributed by atoms with Crippen molar-refractivity contribution in [1.29, 1.82) is 0 Å². The van der Waals surface area contributed by atoms with E-state index in [0.717, 1.165) is 6.54 Å². The van der Waals surface area contributed by atoms with Crippen molar-refractivity contribution < 1.29 is 0 Å². The zero-order valence-corrected chi connectivity index (χ0v) is 14.0. The van der Waals surface area contributed by atoms with Crippen LogP contribution in [-0.4, -0.2) is 37.1 Å². The van der Waals surface area contributed by atoms with Crippen LogP contribution in [-0.2, 0) is 0 Å². The second-order valence-corrected chi connectivity index (χ2v) is 7.19. The highest BCUT2D eigenvalue weighted by Gasteiger charge is 2.44. The number of anilines is 1. The molecule has 0 spiro atoms. The molecule has 2 aliphatic rings. The summed E-state index contributed by atoms with van der Waals surface area (Å²) in [6, 6.07) is 19.7. The Morgan fingerprint density at radius 2 is 1.61 bits per heavy atom. The lowest BCUT2D eigenvalue weighted by atomic mass is 9.93. The first-order chi connectivity index (χ1) is 11.3. The van der Waals surface area contributed by atoms with Crippen LogP contribution < -0.4 is 4.90 Å². The van der Waals surface area contributed by atoms with Gasteiger partial charge in [-0.15, -0.1) is 0 Å². The van der Waals surface area contributed by atoms with Crippen LogP contribution in [0.4, 0.5) is 5.69 Å². The van der Waals surface area contributed by atoms with E-state index < -0.39 is 0 Å². The van der Waals surface area contributed by atoms with Gasteiger partial charge in [-0.3, -0.25) is 4.90 Å². The van der Waals surface area contributed by atoms with Crippen LogP contribution in [0.3, 0.4) is 0 Å². The largest absolute Gasteiger partial charge is 0.373 e. The number of fused-ring (bicyclic) bond motifs is 1. The van der Waals surface area contributed by atoms with E-state index in [-0.39, 0.29) is 0 Å². The highest BCUT2D eigenvalue weighted by molar-refractivity contribution is 5.68. The van der Waals surface area contributed by atoms with Crippen LogP contribution >= 0.6 is 0 Å². The SMILES string of the molecule is CN(CC12CCCN1CCC2)c1cccc(-c2ccccc2)c1. The van der Waals surface area contributed by atoms with Gasteiger partial charge in [0.2, 0.25) is 0 Å². The topological polar surface area (TPSA) is 6.48 Å². The van der Waals surface area contributed by atoms with E-state index in [1.54, 1.807) is 0 Å². The molecule has 0 amide bonds. The van der Waals surface area contributed by atoms with Gasteiger partial charge in [-0.05, 0) is 62.0 Å². The van der Waals surface area contributed by atoms with Gasteiger partial charge in [-0.2, -0.15) is 0 Å². The number of hydrogen-bond acceptors (Lipinski definition) is 2. The minimum absolute atomic E-state index is 0.442. The number of hydrogen-bond donors (Lipinski definition) is 0. The van der Waals surface area contributed by atoms with Gasteiger partial charge in [-0.1, -0.05) is 42.5 Å². The van der Waals surface area contributed by atoms with E-state index in [4.69, 9.17) is 0 Å². The number of nitrogens with zero attached hydrogens (tertiary/aromatic N) is 2. The fourth-order valence-electron chi connectivity index (χ4n) is 4.57. The molecular formula is C21H26N2. The second kappa shape index (κ2) is 6.01. The number of rotatable bonds is 4. The number of benzene rings is 2. The normalized spacial score (nSPS) is 19.7. The molecule has 2 saturated heterocycles. The monoisotopic (exact) mass is 306 g/mol. The minimum atomic E-state index is 0.442. The molecule has 2 aromatic carbocycles. The van der Waals surface area contributed by atoms with Gasteiger partial charge in [0, 0.05) is 24.8 Å². The summed E-state index contributed by atoms with van der Waals surface area (Å²) in [4.78, 5) is 5.21. The standard InChI is InChI=1S/C21H26N2/c1-22(17-21-12-6-14-23(21)15-7-13-21)20-11-5-10-19(16-20)18-8-3-2-4-9-18/h2-5,8-11,16H,6-7,12-15,17H2,1H3. The summed E-state index contributed by atoms with van der Waals surface area (Å²) in [7, 11) is 2.26. The Hall–Kier alpha value is -1.80. The Morgan fingerprint density at radius 3 is 2.35 bits per heavy atom. The molecule has 2 aromatic rings. The Kier molecular flexibility index (Phi) is 3.86. The van der Waals surface area contributed by atoms with E-state index in [9.17, 15) is 0 Å². The molecule has 0 atom stereocenters. The molecule has 0 aliphatic carbocycles. The van der Waals surface area contributed by atoms with E-state index in [1.807, 2.05) is 0 Å². The molecule has 0 aromatic heterocycles. The molecule has 23 heavy (non-hydrogen) atoms. The average Bonchev–Trinajstić information content (AvgIpc) is 3.15. The van der Waals surface area contributed by atoms with E-state index in [1.165, 1.54) is 55.6 Å². The molecule has 2 heterocycles. The number of likely N-dealkylation sites (N-methyl/N-ethyl adjacent to an activating group) is 1. The second-order valence-electron chi connectivity index (χ2n) is 7.19. The minimum Gasteiger partial charge on any atom is -0.373 e. The molecule has 2 nitrogen and oxygen atoms in total. The molecule has 0 radical (unpaired) electrons. The Morgan fingerprint density at radius 1 is 0.913 bits per heavy atom. The average molecular weight is 306 g/mol. The summed E-state index contributed by atoms with van der Waals surface area (Å²) >= 11 is 0. The Balaban J connectivity index is 1.56. The van der Waals surface area contributed by atoms with Crippen molar-refractivity contribution in [3.8, 4) is 11.1 Å². The lowest BCUT2D eigenvalue weighted by Crippen LogP contribution is -2.47. The third-order valence-electron chi connectivity index (χ3n) is 5.74. The van der Waals surface area contributed by atoms with Gasteiger partial charge in [0.1, 0.15) is 0 Å². The fourth-order valence-corrected chi connectivity index (χ4v) is 4.57. The van der Waals surface area contributed by atoms with E-state index in [2.05, 4.69) is 71.4 Å². The molecule has 0 unspecified atom stereocenters. The van der Waals surface area contributed by atoms with Crippen LogP contribution in [0.1, 0.15) is 25.7 Å². The van der Waals surface area contributed by atoms with Crippen molar-refractivity contribution in [3.63, 3.8) is 0 Å². The highest BCUT2D eigenvalue weighted by atomic mass is 15.3. The van der Waals surface area contributed by atoms with Gasteiger partial charge in [0.15, 0.2) is 0 Å². The smallest absolute Gasteiger partial charge is 0.0385 e. The van der Waals surface area contributed by atoms with Gasteiger partial charge >= 0.3 is 0 Å². The summed E-state index contributed by atoms with van der Waals surface area (Å²) in [5, 5.41) is 0. The Labute approximate surface area is 139 Å². The molecule has 2 heteroatoms. The lowest BCUT2D eigenvalue weighted by molar-refractivity contribution is 0.202. The molecule has 2 aliphatic heterocycles. The van der Waals surface area contributed by atoms with Crippen molar-refractivity contribution in [2.75, 3.05) is 31.6 Å². The first-order valence-electron chi connectivity index (χ1n) is 8.89. The quantitative estimate of drug-likeness (QED) is 0.825. The highest BCUT2D eigenvalue weighted by Crippen LogP contribution is 2.40. The van der Waals surface area contributed by atoms with Gasteiger partial charge in [-0.25, -0.2) is 0 Å². The van der Waals surface area contributed by atoms with Crippen molar-refractivity contribution in [1.82, 2.24) is 4.90 Å². The lowest BCUT2D eigenvalue weighted by Gasteiger charge is -2.37. The van der Waals surface area contributed by atoms with Crippen molar-refractivity contribution in [3.05, 3.63) is 54.6 Å². The third-order valence-corrected chi connectivity index (χ3v) is 5.74. The van der Waals surface area contributed by atoms with Gasteiger partial charge in [0.25, 0.3) is 0 Å².